The van der Waals surface area contributed by atoms with E-state index in [1.807, 2.05) is 13.1 Å². The molecule has 0 radical (unpaired) electrons. The molecule has 106 valence electrons. The Labute approximate surface area is 116 Å². The van der Waals surface area contributed by atoms with Crippen molar-refractivity contribution in [3.8, 4) is 0 Å². The molecule has 4 nitrogen and oxygen atoms in total. The zero-order valence-corrected chi connectivity index (χ0v) is 12.3. The summed E-state index contributed by atoms with van der Waals surface area (Å²) < 4.78 is 0. The zero-order chi connectivity index (χ0) is 13.8. The summed E-state index contributed by atoms with van der Waals surface area (Å²) in [6.45, 7) is 7.60. The van der Waals surface area contributed by atoms with Crippen molar-refractivity contribution in [2.24, 2.45) is 0 Å². The number of anilines is 1. The summed E-state index contributed by atoms with van der Waals surface area (Å²) in [7, 11) is 2.19. The van der Waals surface area contributed by atoms with Gasteiger partial charge < -0.3 is 14.9 Å². The number of aliphatic hydroxyl groups is 1. The van der Waals surface area contributed by atoms with Crippen molar-refractivity contribution >= 4 is 5.69 Å². The van der Waals surface area contributed by atoms with E-state index >= 15 is 0 Å². The quantitative estimate of drug-likeness (QED) is 0.903. The van der Waals surface area contributed by atoms with Gasteiger partial charge in [0.1, 0.15) is 0 Å². The van der Waals surface area contributed by atoms with Crippen LogP contribution in [0.25, 0.3) is 0 Å². The van der Waals surface area contributed by atoms with E-state index in [1.54, 1.807) is 0 Å². The monoisotopic (exact) mass is 263 g/mol. The molecule has 0 amide bonds. The fourth-order valence-corrected chi connectivity index (χ4v) is 2.87. The van der Waals surface area contributed by atoms with E-state index in [1.165, 1.54) is 6.42 Å². The van der Waals surface area contributed by atoms with Gasteiger partial charge in [-0.25, -0.2) is 0 Å². The molecule has 1 aromatic rings. The van der Waals surface area contributed by atoms with Crippen molar-refractivity contribution in [1.29, 1.82) is 0 Å². The Balaban J connectivity index is 2.34. The van der Waals surface area contributed by atoms with Crippen LogP contribution in [0.5, 0.6) is 0 Å². The second kappa shape index (κ2) is 6.35. The van der Waals surface area contributed by atoms with Crippen LogP contribution >= 0.6 is 0 Å². The third kappa shape index (κ3) is 3.25. The highest BCUT2D eigenvalue weighted by molar-refractivity contribution is 5.54. The standard InChI is InChI=1S/C15H25N3O/c1-4-14-10-17(3)6-5-7-18(14)15-8-12(2)16-9-13(15)11-19/h8-9,14,19H,4-7,10-11H2,1-3H3. The van der Waals surface area contributed by atoms with E-state index in [0.29, 0.717) is 6.04 Å². The van der Waals surface area contributed by atoms with E-state index in [0.717, 1.165) is 43.0 Å². The summed E-state index contributed by atoms with van der Waals surface area (Å²) in [6, 6.07) is 2.62. The average molecular weight is 263 g/mol. The van der Waals surface area contributed by atoms with Gasteiger partial charge in [0.25, 0.3) is 0 Å². The number of pyridine rings is 1. The number of hydrogen-bond acceptors (Lipinski definition) is 4. The third-order valence-corrected chi connectivity index (χ3v) is 3.95. The molecule has 0 bridgehead atoms. The molecule has 1 aliphatic heterocycles. The van der Waals surface area contributed by atoms with Crippen molar-refractivity contribution in [1.82, 2.24) is 9.88 Å². The smallest absolute Gasteiger partial charge is 0.0717 e. The third-order valence-electron chi connectivity index (χ3n) is 3.95. The first-order valence-corrected chi connectivity index (χ1v) is 7.17. The summed E-state index contributed by atoms with van der Waals surface area (Å²) in [5.41, 5.74) is 3.12. The normalized spacial score (nSPS) is 21.5. The molecule has 1 unspecified atom stereocenters. The number of rotatable bonds is 3. The summed E-state index contributed by atoms with van der Waals surface area (Å²) >= 11 is 0. The molecule has 0 saturated carbocycles. The van der Waals surface area contributed by atoms with Gasteiger partial charge in [-0.3, -0.25) is 4.98 Å². The fraction of sp³-hybridized carbons (Fsp3) is 0.667. The van der Waals surface area contributed by atoms with Crippen LogP contribution in [-0.4, -0.2) is 47.7 Å². The summed E-state index contributed by atoms with van der Waals surface area (Å²) in [5.74, 6) is 0. The molecule has 19 heavy (non-hydrogen) atoms. The zero-order valence-electron chi connectivity index (χ0n) is 12.3. The van der Waals surface area contributed by atoms with E-state index in [2.05, 4.69) is 34.8 Å². The molecule has 1 N–H and O–H groups in total. The lowest BCUT2D eigenvalue weighted by molar-refractivity contribution is 0.281. The van der Waals surface area contributed by atoms with Crippen LogP contribution in [0.4, 0.5) is 5.69 Å². The fourth-order valence-electron chi connectivity index (χ4n) is 2.87. The number of aromatic nitrogens is 1. The average Bonchev–Trinajstić information content (AvgIpc) is 2.60. The molecule has 2 heterocycles. The SMILES string of the molecule is CCC1CN(C)CCCN1c1cc(C)ncc1CO. The molecule has 0 aliphatic carbocycles. The first-order chi connectivity index (χ1) is 9.15. The second-order valence-electron chi connectivity index (χ2n) is 5.48. The number of hydrogen-bond donors (Lipinski definition) is 1. The minimum atomic E-state index is 0.0609. The number of aliphatic hydroxyl groups excluding tert-OH is 1. The van der Waals surface area contributed by atoms with E-state index < -0.39 is 0 Å². The van der Waals surface area contributed by atoms with Gasteiger partial charge >= 0.3 is 0 Å². The largest absolute Gasteiger partial charge is 0.392 e. The molecule has 1 aliphatic rings. The Morgan fingerprint density at radius 1 is 1.42 bits per heavy atom. The van der Waals surface area contributed by atoms with Crippen LogP contribution in [0.2, 0.25) is 0 Å². The maximum atomic E-state index is 9.54. The van der Waals surface area contributed by atoms with Gasteiger partial charge in [0.2, 0.25) is 0 Å². The van der Waals surface area contributed by atoms with Crippen molar-refractivity contribution < 1.29 is 5.11 Å². The molecule has 2 rings (SSSR count). The lowest BCUT2D eigenvalue weighted by Gasteiger charge is -2.33. The molecule has 0 aromatic carbocycles. The number of aryl methyl sites for hydroxylation is 1. The van der Waals surface area contributed by atoms with Gasteiger partial charge in [-0.2, -0.15) is 0 Å². The maximum Gasteiger partial charge on any atom is 0.0717 e. The maximum absolute atomic E-state index is 9.54. The highest BCUT2D eigenvalue weighted by Crippen LogP contribution is 2.26. The minimum Gasteiger partial charge on any atom is -0.392 e. The minimum absolute atomic E-state index is 0.0609. The Morgan fingerprint density at radius 3 is 2.89 bits per heavy atom. The van der Waals surface area contributed by atoms with Crippen LogP contribution in [-0.2, 0) is 6.61 Å². The van der Waals surface area contributed by atoms with Crippen LogP contribution in [0, 0.1) is 6.92 Å². The Kier molecular flexibility index (Phi) is 4.77. The Morgan fingerprint density at radius 2 is 2.21 bits per heavy atom. The van der Waals surface area contributed by atoms with E-state index in [9.17, 15) is 5.11 Å². The van der Waals surface area contributed by atoms with Gasteiger partial charge in [-0.15, -0.1) is 0 Å². The van der Waals surface area contributed by atoms with Gasteiger partial charge in [0, 0.05) is 42.3 Å². The van der Waals surface area contributed by atoms with Crippen molar-refractivity contribution in [2.45, 2.75) is 39.3 Å². The summed E-state index contributed by atoms with van der Waals surface area (Å²) in [4.78, 5) is 9.16. The Hall–Kier alpha value is -1.13. The predicted molar refractivity (Wildman–Crippen MR) is 78.4 cm³/mol. The first-order valence-electron chi connectivity index (χ1n) is 7.17. The molecular weight excluding hydrogens is 238 g/mol. The summed E-state index contributed by atoms with van der Waals surface area (Å²) in [6.07, 6.45) is 4.10. The van der Waals surface area contributed by atoms with Crippen LogP contribution in [0.15, 0.2) is 12.3 Å². The molecule has 0 spiro atoms. The lowest BCUT2D eigenvalue weighted by Crippen LogP contribution is -2.40. The summed E-state index contributed by atoms with van der Waals surface area (Å²) in [5, 5.41) is 9.54. The molecule has 1 fully saturated rings. The van der Waals surface area contributed by atoms with Crippen LogP contribution in [0.1, 0.15) is 31.0 Å². The Bertz CT molecular complexity index is 422. The number of likely N-dealkylation sites (N-methyl/N-ethyl adjacent to an activating group) is 1. The van der Waals surface area contributed by atoms with Crippen LogP contribution in [0.3, 0.4) is 0 Å². The number of nitrogens with zero attached hydrogens (tertiary/aromatic N) is 3. The molecule has 1 atom stereocenters. The van der Waals surface area contributed by atoms with Crippen molar-refractivity contribution in [3.05, 3.63) is 23.5 Å². The highest BCUT2D eigenvalue weighted by Gasteiger charge is 2.24. The van der Waals surface area contributed by atoms with Gasteiger partial charge in [-0.05, 0) is 39.4 Å². The van der Waals surface area contributed by atoms with Gasteiger partial charge in [0.15, 0.2) is 0 Å². The van der Waals surface area contributed by atoms with Crippen molar-refractivity contribution in [2.75, 3.05) is 31.6 Å². The van der Waals surface area contributed by atoms with E-state index in [-0.39, 0.29) is 6.61 Å². The molecule has 1 saturated heterocycles. The van der Waals surface area contributed by atoms with Gasteiger partial charge in [0.05, 0.1) is 6.61 Å². The topological polar surface area (TPSA) is 39.6 Å². The molecular formula is C15H25N3O. The first kappa shape index (κ1) is 14.3. The van der Waals surface area contributed by atoms with E-state index in [4.69, 9.17) is 0 Å². The predicted octanol–water partition coefficient (Wildman–Crippen LogP) is 1.80. The molecule has 1 aromatic heterocycles. The lowest BCUT2D eigenvalue weighted by atomic mass is 10.1. The van der Waals surface area contributed by atoms with Crippen molar-refractivity contribution in [3.63, 3.8) is 0 Å². The highest BCUT2D eigenvalue weighted by atomic mass is 16.3. The molecule has 4 heteroatoms. The second-order valence-corrected chi connectivity index (χ2v) is 5.48. The van der Waals surface area contributed by atoms with Crippen LogP contribution < -0.4 is 4.90 Å². The van der Waals surface area contributed by atoms with Gasteiger partial charge in [-0.1, -0.05) is 6.92 Å².